The van der Waals surface area contributed by atoms with Crippen molar-refractivity contribution in [3.8, 4) is 5.69 Å². The maximum atomic E-state index is 13.2. The number of benzene rings is 1. The van der Waals surface area contributed by atoms with Crippen molar-refractivity contribution in [1.82, 2.24) is 14.4 Å². The van der Waals surface area contributed by atoms with Gasteiger partial charge in [-0.25, -0.2) is 4.39 Å². The number of ether oxygens (including phenoxy) is 1. The molecule has 0 N–H and O–H groups in total. The summed E-state index contributed by atoms with van der Waals surface area (Å²) in [6.07, 6.45) is 2.58. The first kappa shape index (κ1) is 20.2. The van der Waals surface area contributed by atoms with Crippen LogP contribution < -0.4 is 5.56 Å². The third-order valence-electron chi connectivity index (χ3n) is 5.10. The zero-order valence-electron chi connectivity index (χ0n) is 16.4. The third kappa shape index (κ3) is 4.48. The molecule has 1 aliphatic rings. The Balaban J connectivity index is 1.76. The van der Waals surface area contributed by atoms with Gasteiger partial charge >= 0.3 is 0 Å². The van der Waals surface area contributed by atoms with E-state index in [1.54, 1.807) is 31.2 Å². The fourth-order valence-corrected chi connectivity index (χ4v) is 3.46. The number of pyridine rings is 1. The zero-order valence-corrected chi connectivity index (χ0v) is 16.4. The van der Waals surface area contributed by atoms with Crippen molar-refractivity contribution in [3.63, 3.8) is 0 Å². The van der Waals surface area contributed by atoms with E-state index in [0.29, 0.717) is 24.3 Å². The van der Waals surface area contributed by atoms with Crippen molar-refractivity contribution in [2.75, 3.05) is 46.4 Å². The van der Waals surface area contributed by atoms with Gasteiger partial charge in [-0.2, -0.15) is 0 Å². The largest absolute Gasteiger partial charge is 0.385 e. The summed E-state index contributed by atoms with van der Waals surface area (Å²) < 4.78 is 19.7. The second kappa shape index (κ2) is 9.12. The minimum absolute atomic E-state index is 0.180. The summed E-state index contributed by atoms with van der Waals surface area (Å²) in [5, 5.41) is 0. The van der Waals surface area contributed by atoms with E-state index in [9.17, 15) is 14.0 Å². The predicted octanol–water partition coefficient (Wildman–Crippen LogP) is 2.08. The van der Waals surface area contributed by atoms with Gasteiger partial charge in [-0.15, -0.1) is 0 Å². The second-order valence-electron chi connectivity index (χ2n) is 7.01. The molecule has 0 bridgehead atoms. The molecular formula is C21H26FN3O3. The van der Waals surface area contributed by atoms with Crippen molar-refractivity contribution >= 4 is 5.91 Å². The highest BCUT2D eigenvalue weighted by atomic mass is 19.1. The average Bonchev–Trinajstić information content (AvgIpc) is 2.70. The topological polar surface area (TPSA) is 54.8 Å². The van der Waals surface area contributed by atoms with Crippen LogP contribution in [-0.4, -0.2) is 66.7 Å². The molecule has 0 unspecified atom stereocenters. The Morgan fingerprint density at radius 1 is 1.11 bits per heavy atom. The standard InChI is InChI=1S/C21H26FN3O3/c1-16-8-10-25(18-6-4-17(22)5-7-18)21(27)19(16)20(26)24-13-11-23(12-14-24)9-3-15-28-2/h4-8,10H,3,9,11-15H2,1-2H3. The van der Waals surface area contributed by atoms with Gasteiger partial charge in [-0.1, -0.05) is 0 Å². The van der Waals surface area contributed by atoms with Crippen LogP contribution in [0.2, 0.25) is 0 Å². The Hall–Kier alpha value is -2.51. The predicted molar refractivity (Wildman–Crippen MR) is 106 cm³/mol. The third-order valence-corrected chi connectivity index (χ3v) is 5.10. The second-order valence-corrected chi connectivity index (χ2v) is 7.01. The molecule has 1 aromatic carbocycles. The molecule has 0 radical (unpaired) electrons. The number of hydrogen-bond donors (Lipinski definition) is 0. The SMILES string of the molecule is COCCCN1CCN(C(=O)c2c(C)ccn(-c3ccc(F)cc3)c2=O)CC1. The Morgan fingerprint density at radius 3 is 2.43 bits per heavy atom. The van der Waals surface area contributed by atoms with Crippen LogP contribution in [0.4, 0.5) is 4.39 Å². The van der Waals surface area contributed by atoms with E-state index >= 15 is 0 Å². The zero-order chi connectivity index (χ0) is 20.1. The molecular weight excluding hydrogens is 361 g/mol. The first-order valence-electron chi connectivity index (χ1n) is 9.50. The number of amides is 1. The molecule has 1 aromatic heterocycles. The highest BCUT2D eigenvalue weighted by molar-refractivity contribution is 5.95. The molecule has 2 aromatic rings. The number of rotatable bonds is 6. The smallest absolute Gasteiger partial charge is 0.268 e. The van der Waals surface area contributed by atoms with E-state index < -0.39 is 0 Å². The van der Waals surface area contributed by atoms with Gasteiger partial charge in [0.2, 0.25) is 0 Å². The number of piperazine rings is 1. The normalized spacial score (nSPS) is 15.0. The van der Waals surface area contributed by atoms with Crippen molar-refractivity contribution in [2.24, 2.45) is 0 Å². The van der Waals surface area contributed by atoms with Crippen molar-refractivity contribution in [1.29, 1.82) is 0 Å². The molecule has 1 amide bonds. The number of aryl methyl sites for hydroxylation is 1. The van der Waals surface area contributed by atoms with E-state index in [1.807, 2.05) is 0 Å². The molecule has 0 atom stereocenters. The van der Waals surface area contributed by atoms with Crippen LogP contribution in [0.3, 0.4) is 0 Å². The number of halogens is 1. The van der Waals surface area contributed by atoms with Crippen LogP contribution in [0.25, 0.3) is 5.69 Å². The lowest BCUT2D eigenvalue weighted by atomic mass is 10.1. The first-order chi connectivity index (χ1) is 13.5. The number of carbonyl (C=O) groups is 1. The lowest BCUT2D eigenvalue weighted by molar-refractivity contribution is 0.0621. The monoisotopic (exact) mass is 387 g/mol. The van der Waals surface area contributed by atoms with Gasteiger partial charge in [0.05, 0.1) is 0 Å². The highest BCUT2D eigenvalue weighted by Gasteiger charge is 2.25. The van der Waals surface area contributed by atoms with Crippen LogP contribution in [0, 0.1) is 12.7 Å². The van der Waals surface area contributed by atoms with Crippen molar-refractivity contribution in [2.45, 2.75) is 13.3 Å². The van der Waals surface area contributed by atoms with E-state index in [4.69, 9.17) is 4.74 Å². The van der Waals surface area contributed by atoms with E-state index in [1.165, 1.54) is 28.8 Å². The number of aromatic nitrogens is 1. The number of hydrogen-bond acceptors (Lipinski definition) is 4. The summed E-state index contributed by atoms with van der Waals surface area (Å²) in [5.74, 6) is -0.612. The molecule has 0 aliphatic carbocycles. The minimum atomic E-state index is -0.376. The lowest BCUT2D eigenvalue weighted by Gasteiger charge is -2.34. The quantitative estimate of drug-likeness (QED) is 0.713. The molecule has 1 saturated heterocycles. The van der Waals surface area contributed by atoms with Gasteiger partial charge < -0.3 is 9.64 Å². The van der Waals surface area contributed by atoms with Gasteiger partial charge in [0.25, 0.3) is 11.5 Å². The van der Waals surface area contributed by atoms with Gasteiger partial charge in [0.1, 0.15) is 11.4 Å². The van der Waals surface area contributed by atoms with Gasteiger partial charge in [-0.05, 0) is 49.2 Å². The summed E-state index contributed by atoms with van der Waals surface area (Å²) >= 11 is 0. The van der Waals surface area contributed by atoms with E-state index in [2.05, 4.69) is 4.90 Å². The molecule has 150 valence electrons. The highest BCUT2D eigenvalue weighted by Crippen LogP contribution is 2.13. The van der Waals surface area contributed by atoms with Crippen LogP contribution >= 0.6 is 0 Å². The van der Waals surface area contributed by atoms with E-state index in [-0.39, 0.29) is 22.8 Å². The fraction of sp³-hybridized carbons (Fsp3) is 0.429. The van der Waals surface area contributed by atoms with Crippen LogP contribution in [0.15, 0.2) is 41.3 Å². The Kier molecular flexibility index (Phi) is 6.59. The summed E-state index contributed by atoms with van der Waals surface area (Å²) in [7, 11) is 1.69. The van der Waals surface area contributed by atoms with Crippen molar-refractivity contribution in [3.05, 3.63) is 63.8 Å². The lowest BCUT2D eigenvalue weighted by Crippen LogP contribution is -2.50. The Labute approximate surface area is 164 Å². The molecule has 1 fully saturated rings. The Morgan fingerprint density at radius 2 is 1.79 bits per heavy atom. The van der Waals surface area contributed by atoms with Gasteiger partial charge in [0, 0.05) is 58.3 Å². The van der Waals surface area contributed by atoms with Gasteiger partial charge in [-0.3, -0.25) is 19.1 Å². The summed E-state index contributed by atoms with van der Waals surface area (Å²) in [6.45, 7) is 6.20. The molecule has 7 heteroatoms. The number of nitrogens with zero attached hydrogens (tertiary/aromatic N) is 3. The van der Waals surface area contributed by atoms with Crippen molar-refractivity contribution < 1.29 is 13.9 Å². The molecule has 28 heavy (non-hydrogen) atoms. The molecule has 6 nitrogen and oxygen atoms in total. The van der Waals surface area contributed by atoms with E-state index in [0.717, 1.165) is 32.7 Å². The molecule has 1 aliphatic heterocycles. The molecule has 2 heterocycles. The van der Waals surface area contributed by atoms with Crippen LogP contribution in [0.1, 0.15) is 22.3 Å². The molecule has 0 spiro atoms. The number of carbonyl (C=O) groups excluding carboxylic acids is 1. The Bertz CT molecular complexity index is 871. The van der Waals surface area contributed by atoms with Gasteiger partial charge in [0.15, 0.2) is 0 Å². The summed E-state index contributed by atoms with van der Waals surface area (Å²) in [4.78, 5) is 30.1. The van der Waals surface area contributed by atoms with Crippen LogP contribution in [0.5, 0.6) is 0 Å². The summed E-state index contributed by atoms with van der Waals surface area (Å²) in [6, 6.07) is 7.40. The van der Waals surface area contributed by atoms with Crippen LogP contribution in [-0.2, 0) is 4.74 Å². The fourth-order valence-electron chi connectivity index (χ4n) is 3.46. The maximum Gasteiger partial charge on any atom is 0.268 e. The first-order valence-corrected chi connectivity index (χ1v) is 9.50. The molecule has 3 rings (SSSR count). The molecule has 0 saturated carbocycles. The summed E-state index contributed by atoms with van der Waals surface area (Å²) in [5.41, 5.74) is 0.984. The minimum Gasteiger partial charge on any atom is -0.385 e. The average molecular weight is 387 g/mol. The number of methoxy groups -OCH3 is 1. The maximum absolute atomic E-state index is 13.2.